The maximum atomic E-state index is 4.46. The fourth-order valence-corrected chi connectivity index (χ4v) is 2.53. The van der Waals surface area contributed by atoms with Gasteiger partial charge in [0.25, 0.3) is 0 Å². The summed E-state index contributed by atoms with van der Waals surface area (Å²) < 4.78 is 0. The fourth-order valence-electron chi connectivity index (χ4n) is 2.53. The average Bonchev–Trinajstić information content (AvgIpc) is 2.63. The average molecular weight is 318 g/mol. The van der Waals surface area contributed by atoms with Gasteiger partial charge in [-0.1, -0.05) is 44.0 Å². The Kier molecular flexibility index (Phi) is 5.26. The molecule has 0 N–H and O–H groups in total. The molecule has 0 aliphatic carbocycles. The Bertz CT molecular complexity index is 762. The quantitative estimate of drug-likeness (QED) is 0.621. The number of aryl methyl sites for hydroxylation is 2. The fraction of sp³-hybridized carbons (Fsp3) is 0.300. The van der Waals surface area contributed by atoms with Gasteiger partial charge >= 0.3 is 0 Å². The maximum Gasteiger partial charge on any atom is 0.162 e. The summed E-state index contributed by atoms with van der Waals surface area (Å²) in [6, 6.07) is 8.54. The summed E-state index contributed by atoms with van der Waals surface area (Å²) in [6.07, 6.45) is 12.1. The van der Waals surface area contributed by atoms with Crippen molar-refractivity contribution in [2.24, 2.45) is 0 Å². The monoisotopic (exact) mass is 318 g/mol. The van der Waals surface area contributed by atoms with Gasteiger partial charge in [-0.2, -0.15) is 0 Å². The second-order valence-corrected chi connectivity index (χ2v) is 6.03. The van der Waals surface area contributed by atoms with E-state index >= 15 is 0 Å². The second kappa shape index (κ2) is 7.77. The van der Waals surface area contributed by atoms with Crippen LogP contribution in [0.1, 0.15) is 37.3 Å². The van der Waals surface area contributed by atoms with E-state index in [1.165, 1.54) is 24.8 Å². The summed E-state index contributed by atoms with van der Waals surface area (Å²) in [4.78, 5) is 17.5. The highest BCUT2D eigenvalue weighted by molar-refractivity contribution is 5.58. The van der Waals surface area contributed by atoms with Gasteiger partial charge in [0.15, 0.2) is 11.6 Å². The number of nitrogens with zero attached hydrogens (tertiary/aromatic N) is 4. The highest BCUT2D eigenvalue weighted by Gasteiger charge is 2.05. The van der Waals surface area contributed by atoms with Crippen LogP contribution in [0.2, 0.25) is 0 Å². The molecule has 0 unspecified atom stereocenters. The molecule has 1 aromatic carbocycles. The van der Waals surface area contributed by atoms with Gasteiger partial charge in [-0.3, -0.25) is 0 Å². The molecule has 0 saturated carbocycles. The molecule has 0 amide bonds. The molecule has 0 radical (unpaired) electrons. The van der Waals surface area contributed by atoms with E-state index < -0.39 is 0 Å². The number of hydrogen-bond acceptors (Lipinski definition) is 4. The number of benzene rings is 1. The molecule has 0 saturated heterocycles. The molecule has 2 heterocycles. The van der Waals surface area contributed by atoms with Crippen molar-refractivity contribution in [2.75, 3.05) is 0 Å². The number of aromatic nitrogens is 4. The molecule has 3 aromatic rings. The summed E-state index contributed by atoms with van der Waals surface area (Å²) in [5, 5.41) is 0. The summed E-state index contributed by atoms with van der Waals surface area (Å²) >= 11 is 0. The Balaban J connectivity index is 1.72. The van der Waals surface area contributed by atoms with Gasteiger partial charge in [0, 0.05) is 30.4 Å². The van der Waals surface area contributed by atoms with E-state index in [0.717, 1.165) is 28.9 Å². The Morgan fingerprint density at radius 3 is 1.92 bits per heavy atom. The first-order valence-electron chi connectivity index (χ1n) is 8.46. The largest absolute Gasteiger partial charge is 0.236 e. The van der Waals surface area contributed by atoms with E-state index in [4.69, 9.17) is 0 Å². The number of unbranched alkanes of at least 4 members (excludes halogenated alkanes) is 2. The zero-order valence-corrected chi connectivity index (χ0v) is 14.2. The molecule has 4 heteroatoms. The summed E-state index contributed by atoms with van der Waals surface area (Å²) in [5.74, 6) is 1.38. The number of rotatable bonds is 6. The molecule has 0 atom stereocenters. The Labute approximate surface area is 143 Å². The lowest BCUT2D eigenvalue weighted by molar-refractivity contribution is 0.717. The van der Waals surface area contributed by atoms with Crippen LogP contribution in [0.3, 0.4) is 0 Å². The van der Waals surface area contributed by atoms with Crippen LogP contribution in [0.15, 0.2) is 49.1 Å². The van der Waals surface area contributed by atoms with Gasteiger partial charge in [-0.05, 0) is 30.9 Å². The minimum atomic E-state index is 0.651. The molecule has 3 rings (SSSR count). The van der Waals surface area contributed by atoms with Gasteiger partial charge in [0.2, 0.25) is 0 Å². The third-order valence-corrected chi connectivity index (χ3v) is 3.97. The van der Waals surface area contributed by atoms with Crippen LogP contribution in [0, 0.1) is 6.92 Å². The molecule has 122 valence electrons. The van der Waals surface area contributed by atoms with Crippen molar-refractivity contribution in [3.8, 4) is 22.8 Å². The standard InChI is InChI=1S/C20H22N4/c1-3-4-5-6-16-7-9-17(10-8-16)19-23-13-18(14-24-19)20-21-11-15(2)12-22-20/h7-14H,3-6H2,1-2H3. The van der Waals surface area contributed by atoms with Gasteiger partial charge in [0.05, 0.1) is 5.56 Å². The van der Waals surface area contributed by atoms with E-state index in [1.807, 2.05) is 6.92 Å². The van der Waals surface area contributed by atoms with Crippen molar-refractivity contribution in [2.45, 2.75) is 39.5 Å². The molecule has 0 spiro atoms. The maximum absolute atomic E-state index is 4.46. The minimum absolute atomic E-state index is 0.651. The molecule has 0 aliphatic rings. The molecule has 4 nitrogen and oxygen atoms in total. The van der Waals surface area contributed by atoms with Crippen molar-refractivity contribution in [3.05, 3.63) is 60.2 Å². The first-order valence-corrected chi connectivity index (χ1v) is 8.46. The zero-order valence-electron chi connectivity index (χ0n) is 14.2. The van der Waals surface area contributed by atoms with E-state index in [-0.39, 0.29) is 0 Å². The third kappa shape index (κ3) is 4.02. The Morgan fingerprint density at radius 2 is 1.29 bits per heavy atom. The van der Waals surface area contributed by atoms with Crippen LogP contribution in [-0.2, 0) is 6.42 Å². The zero-order chi connectivity index (χ0) is 16.8. The SMILES string of the molecule is CCCCCc1ccc(-c2ncc(-c3ncc(C)cn3)cn2)cc1. The Hall–Kier alpha value is -2.62. The molecule has 0 aliphatic heterocycles. The minimum Gasteiger partial charge on any atom is -0.236 e. The molecular formula is C20H22N4. The van der Waals surface area contributed by atoms with E-state index in [0.29, 0.717) is 5.82 Å². The lowest BCUT2D eigenvalue weighted by Gasteiger charge is -2.04. The van der Waals surface area contributed by atoms with Crippen molar-refractivity contribution >= 4 is 0 Å². The Morgan fingerprint density at radius 1 is 0.708 bits per heavy atom. The van der Waals surface area contributed by atoms with E-state index in [1.54, 1.807) is 24.8 Å². The van der Waals surface area contributed by atoms with Crippen molar-refractivity contribution in [1.82, 2.24) is 19.9 Å². The number of hydrogen-bond donors (Lipinski definition) is 0. The van der Waals surface area contributed by atoms with Crippen LogP contribution in [0.5, 0.6) is 0 Å². The van der Waals surface area contributed by atoms with E-state index in [2.05, 4.69) is 51.1 Å². The first-order chi connectivity index (χ1) is 11.8. The van der Waals surface area contributed by atoms with Crippen molar-refractivity contribution < 1.29 is 0 Å². The normalized spacial score (nSPS) is 10.8. The summed E-state index contributed by atoms with van der Waals surface area (Å²) in [7, 11) is 0. The van der Waals surface area contributed by atoms with Gasteiger partial charge in [0.1, 0.15) is 0 Å². The second-order valence-electron chi connectivity index (χ2n) is 6.03. The molecule has 0 bridgehead atoms. The van der Waals surface area contributed by atoms with Gasteiger partial charge in [-0.25, -0.2) is 19.9 Å². The summed E-state index contributed by atoms with van der Waals surface area (Å²) in [6.45, 7) is 4.20. The van der Waals surface area contributed by atoms with Crippen LogP contribution < -0.4 is 0 Å². The highest BCUT2D eigenvalue weighted by atomic mass is 14.9. The van der Waals surface area contributed by atoms with Crippen LogP contribution in [0.4, 0.5) is 0 Å². The molecule has 24 heavy (non-hydrogen) atoms. The molecular weight excluding hydrogens is 296 g/mol. The predicted octanol–water partition coefficient (Wildman–Crippen LogP) is 4.64. The topological polar surface area (TPSA) is 51.6 Å². The van der Waals surface area contributed by atoms with Crippen LogP contribution in [-0.4, -0.2) is 19.9 Å². The molecule has 0 fully saturated rings. The highest BCUT2D eigenvalue weighted by Crippen LogP contribution is 2.19. The third-order valence-electron chi connectivity index (χ3n) is 3.97. The predicted molar refractivity (Wildman–Crippen MR) is 96.5 cm³/mol. The lowest BCUT2D eigenvalue weighted by atomic mass is 10.1. The smallest absolute Gasteiger partial charge is 0.162 e. The summed E-state index contributed by atoms with van der Waals surface area (Å²) in [5.41, 5.74) is 4.27. The van der Waals surface area contributed by atoms with Crippen LogP contribution in [0.25, 0.3) is 22.8 Å². The van der Waals surface area contributed by atoms with Crippen molar-refractivity contribution in [1.29, 1.82) is 0 Å². The molecule has 2 aromatic heterocycles. The van der Waals surface area contributed by atoms with Gasteiger partial charge in [-0.15, -0.1) is 0 Å². The first kappa shape index (κ1) is 16.2. The van der Waals surface area contributed by atoms with Crippen LogP contribution >= 0.6 is 0 Å². The van der Waals surface area contributed by atoms with Gasteiger partial charge < -0.3 is 0 Å². The lowest BCUT2D eigenvalue weighted by Crippen LogP contribution is -1.94. The van der Waals surface area contributed by atoms with Crippen molar-refractivity contribution in [3.63, 3.8) is 0 Å². The van der Waals surface area contributed by atoms with E-state index in [9.17, 15) is 0 Å².